The number of nitrogens with one attached hydrogen (secondary N) is 1. The molecular weight excluding hydrogens is 583 g/mol. The molecule has 2 fully saturated rings. The van der Waals surface area contributed by atoms with Crippen LogP contribution in [0.2, 0.25) is 0 Å². The monoisotopic (exact) mass is 610 g/mol. The van der Waals surface area contributed by atoms with E-state index in [0.29, 0.717) is 40.5 Å². The van der Waals surface area contributed by atoms with Crippen LogP contribution in [0.5, 0.6) is 5.75 Å². The van der Waals surface area contributed by atoms with Crippen molar-refractivity contribution in [3.8, 4) is 5.75 Å². The van der Waals surface area contributed by atoms with E-state index in [4.69, 9.17) is 4.74 Å². The number of fused-ring (bicyclic) bond motifs is 2. The topological polar surface area (TPSA) is 160 Å². The summed E-state index contributed by atoms with van der Waals surface area (Å²) in [6.45, 7) is 3.12. The highest BCUT2D eigenvalue weighted by Crippen LogP contribution is 2.44. The number of hydrogen-bond donors (Lipinski definition) is 2. The van der Waals surface area contributed by atoms with E-state index < -0.39 is 27.7 Å². The predicted molar refractivity (Wildman–Crippen MR) is 158 cm³/mol. The number of rotatable bonds is 8. The standard InChI is InChI=1S/C28H27FN6O7S/c1-14-11-33(8-7-32(14)13-22(36)31-28-30-20-6-5-16(35(40)41)9-21(20)43-28)24-19(29)10-17-23(26(24)42-2)34(15-3-4-15)12-18(25(17)37)27(38)39/h5-6,9-10,12,14-15H,3-4,7-8,11,13H2,1-2H3,(H,38,39)(H,30,31,36). The molecule has 6 rings (SSSR count). The molecule has 1 unspecified atom stereocenters. The maximum Gasteiger partial charge on any atom is 0.341 e. The van der Waals surface area contributed by atoms with Crippen LogP contribution in [-0.2, 0) is 4.79 Å². The van der Waals surface area contributed by atoms with Gasteiger partial charge in [0.05, 0.1) is 39.7 Å². The van der Waals surface area contributed by atoms with Gasteiger partial charge in [-0.15, -0.1) is 0 Å². The van der Waals surface area contributed by atoms with Gasteiger partial charge in [-0.2, -0.15) is 0 Å². The smallest absolute Gasteiger partial charge is 0.341 e. The highest BCUT2D eigenvalue weighted by molar-refractivity contribution is 7.22. The molecule has 2 aromatic heterocycles. The van der Waals surface area contributed by atoms with E-state index in [0.717, 1.165) is 30.2 Å². The average Bonchev–Trinajstić information content (AvgIpc) is 3.72. The molecule has 2 aliphatic rings. The molecule has 1 aliphatic carbocycles. The lowest BCUT2D eigenvalue weighted by Gasteiger charge is -2.41. The first-order chi connectivity index (χ1) is 20.5. The van der Waals surface area contributed by atoms with Gasteiger partial charge >= 0.3 is 5.97 Å². The van der Waals surface area contributed by atoms with Gasteiger partial charge in [-0.25, -0.2) is 14.2 Å². The minimum atomic E-state index is -1.37. The fourth-order valence-electron chi connectivity index (χ4n) is 5.58. The Balaban J connectivity index is 1.21. The molecule has 1 atom stereocenters. The fraction of sp³-hybridized carbons (Fsp3) is 0.357. The van der Waals surface area contributed by atoms with Gasteiger partial charge in [0.2, 0.25) is 11.3 Å². The fourth-order valence-corrected chi connectivity index (χ4v) is 6.50. The van der Waals surface area contributed by atoms with Crippen LogP contribution in [0.25, 0.3) is 21.1 Å². The van der Waals surface area contributed by atoms with Crippen LogP contribution in [0.4, 0.5) is 20.9 Å². The number of benzene rings is 2. The summed E-state index contributed by atoms with van der Waals surface area (Å²) in [5.74, 6) is -2.19. The SMILES string of the molecule is COc1c(N2CCN(CC(=O)Nc3nc4ccc([N+](=O)[O-])cc4s3)C(C)C2)c(F)cc2c(=O)c(C(=O)O)cn(C3CC3)c12. The second-order valence-corrected chi connectivity index (χ2v) is 11.7. The van der Waals surface area contributed by atoms with Crippen molar-refractivity contribution in [2.45, 2.75) is 31.8 Å². The van der Waals surface area contributed by atoms with Crippen LogP contribution in [-0.4, -0.2) is 75.7 Å². The highest BCUT2D eigenvalue weighted by Gasteiger charge is 2.33. The molecule has 224 valence electrons. The number of aromatic carboxylic acids is 1. The Kier molecular flexibility index (Phi) is 7.22. The lowest BCUT2D eigenvalue weighted by Crippen LogP contribution is -2.54. The van der Waals surface area contributed by atoms with Crippen LogP contribution in [0.3, 0.4) is 0 Å². The number of hydrogen-bond acceptors (Lipinski definition) is 10. The van der Waals surface area contributed by atoms with Crippen molar-refractivity contribution in [1.29, 1.82) is 0 Å². The number of nitrogens with zero attached hydrogens (tertiary/aromatic N) is 5. The molecule has 1 aliphatic heterocycles. The zero-order chi connectivity index (χ0) is 30.6. The third kappa shape index (κ3) is 5.25. The second-order valence-electron chi connectivity index (χ2n) is 10.7. The Morgan fingerprint density at radius 2 is 2.05 bits per heavy atom. The number of nitro benzene ring substituents is 1. The largest absolute Gasteiger partial charge is 0.492 e. The van der Waals surface area contributed by atoms with Gasteiger partial charge < -0.3 is 24.6 Å². The molecule has 15 heteroatoms. The average molecular weight is 611 g/mol. The van der Waals surface area contributed by atoms with Gasteiger partial charge in [0.25, 0.3) is 5.69 Å². The first-order valence-electron chi connectivity index (χ1n) is 13.6. The molecule has 0 radical (unpaired) electrons. The van der Waals surface area contributed by atoms with Gasteiger partial charge in [-0.3, -0.25) is 24.6 Å². The Labute approximate surface area is 247 Å². The van der Waals surface area contributed by atoms with Crippen molar-refractivity contribution in [1.82, 2.24) is 14.5 Å². The minimum absolute atomic E-state index is 0.00626. The minimum Gasteiger partial charge on any atom is -0.492 e. The first-order valence-corrected chi connectivity index (χ1v) is 14.4. The Hall–Kier alpha value is -4.63. The number of halogens is 1. The number of carboxylic acids is 1. The van der Waals surface area contributed by atoms with E-state index >= 15 is 4.39 Å². The van der Waals surface area contributed by atoms with Gasteiger partial charge in [-0.1, -0.05) is 11.3 Å². The summed E-state index contributed by atoms with van der Waals surface area (Å²) < 4.78 is 23.7. The summed E-state index contributed by atoms with van der Waals surface area (Å²) in [6, 6.07) is 5.24. The van der Waals surface area contributed by atoms with Crippen LogP contribution in [0.1, 0.15) is 36.2 Å². The lowest BCUT2D eigenvalue weighted by molar-refractivity contribution is -0.384. The molecule has 1 amide bonds. The van der Waals surface area contributed by atoms with Crippen molar-refractivity contribution in [3.05, 3.63) is 62.2 Å². The van der Waals surface area contributed by atoms with Crippen LogP contribution in [0.15, 0.2) is 35.3 Å². The molecule has 13 nitrogen and oxygen atoms in total. The number of ether oxygens (including phenoxy) is 1. The van der Waals surface area contributed by atoms with E-state index in [1.165, 1.54) is 31.5 Å². The number of carbonyl (C=O) groups is 2. The summed E-state index contributed by atoms with van der Waals surface area (Å²) in [6.07, 6.45) is 2.93. The van der Waals surface area contributed by atoms with E-state index in [9.17, 15) is 29.6 Å². The molecule has 0 spiro atoms. The second kappa shape index (κ2) is 10.9. The van der Waals surface area contributed by atoms with Crippen molar-refractivity contribution >= 4 is 60.8 Å². The third-order valence-electron chi connectivity index (χ3n) is 7.83. The quantitative estimate of drug-likeness (QED) is 0.222. The molecule has 2 aromatic carbocycles. The van der Waals surface area contributed by atoms with Gasteiger partial charge in [0, 0.05) is 50.0 Å². The van der Waals surface area contributed by atoms with E-state index in [1.54, 1.807) is 4.57 Å². The number of nitro groups is 1. The van der Waals surface area contributed by atoms with Gasteiger partial charge in [-0.05, 0) is 31.9 Å². The maximum absolute atomic E-state index is 15.7. The maximum atomic E-state index is 15.7. The van der Waals surface area contributed by atoms with Crippen molar-refractivity contribution in [3.63, 3.8) is 0 Å². The highest BCUT2D eigenvalue weighted by atomic mass is 32.1. The van der Waals surface area contributed by atoms with Gasteiger partial charge in [0.15, 0.2) is 16.7 Å². The Bertz CT molecular complexity index is 1870. The third-order valence-corrected chi connectivity index (χ3v) is 8.76. The van der Waals surface area contributed by atoms with Crippen molar-refractivity contribution in [2.24, 2.45) is 0 Å². The molecule has 4 aromatic rings. The number of thiazole rings is 1. The zero-order valence-electron chi connectivity index (χ0n) is 23.2. The molecule has 1 saturated carbocycles. The summed E-state index contributed by atoms with van der Waals surface area (Å²) in [5.41, 5.74) is -0.134. The molecule has 0 bridgehead atoms. The predicted octanol–water partition coefficient (Wildman–Crippen LogP) is 3.85. The Morgan fingerprint density at radius 1 is 1.28 bits per heavy atom. The number of amides is 1. The summed E-state index contributed by atoms with van der Waals surface area (Å²) in [5, 5.41) is 23.7. The Morgan fingerprint density at radius 3 is 2.70 bits per heavy atom. The van der Waals surface area contributed by atoms with E-state index in [-0.39, 0.29) is 47.0 Å². The normalized spacial score (nSPS) is 17.4. The number of piperazine rings is 1. The molecule has 43 heavy (non-hydrogen) atoms. The summed E-state index contributed by atoms with van der Waals surface area (Å²) in [4.78, 5) is 56.3. The van der Waals surface area contributed by atoms with Crippen LogP contribution < -0.4 is 20.4 Å². The number of methoxy groups -OCH3 is 1. The number of carbonyl (C=O) groups excluding carboxylic acids is 1. The zero-order valence-corrected chi connectivity index (χ0v) is 24.0. The summed E-state index contributed by atoms with van der Waals surface area (Å²) >= 11 is 1.15. The van der Waals surface area contributed by atoms with E-state index in [1.807, 2.05) is 16.7 Å². The summed E-state index contributed by atoms with van der Waals surface area (Å²) in [7, 11) is 1.40. The molecule has 2 N–H and O–H groups in total. The molecule has 1 saturated heterocycles. The van der Waals surface area contributed by atoms with Gasteiger partial charge in [0.1, 0.15) is 11.3 Å². The molecule has 3 heterocycles. The van der Waals surface area contributed by atoms with Crippen LogP contribution >= 0.6 is 11.3 Å². The van der Waals surface area contributed by atoms with Crippen LogP contribution in [0, 0.1) is 15.9 Å². The van der Waals surface area contributed by atoms with Crippen molar-refractivity contribution in [2.75, 3.05) is 43.5 Å². The number of aromatic nitrogens is 2. The van der Waals surface area contributed by atoms with Crippen molar-refractivity contribution < 1.29 is 28.7 Å². The first kappa shape index (κ1) is 28.5. The number of anilines is 2. The van der Waals surface area contributed by atoms with E-state index in [2.05, 4.69) is 10.3 Å². The number of non-ortho nitro benzene ring substituents is 1. The molecular formula is C28H27FN6O7S. The number of pyridine rings is 1. The number of carboxylic acid groups (broad SMARTS) is 1. The lowest BCUT2D eigenvalue weighted by atomic mass is 10.1.